The number of hydrogen-bond acceptors (Lipinski definition) is 11. The first-order valence-corrected chi connectivity index (χ1v) is 17.8. The topological polar surface area (TPSA) is 99.2 Å². The zero-order valence-electron chi connectivity index (χ0n) is 25.9. The molecule has 47 heavy (non-hydrogen) atoms. The Kier molecular flexibility index (Phi) is 11.0. The molecule has 7 rings (SSSR count). The number of halogens is 2. The van der Waals surface area contributed by atoms with Crippen molar-refractivity contribution in [3.63, 3.8) is 0 Å². The average Bonchev–Trinajstić information content (AvgIpc) is 3.80. The first-order chi connectivity index (χ1) is 22.8. The minimum atomic E-state index is -0.743. The number of piperidine rings is 3. The van der Waals surface area contributed by atoms with E-state index in [0.29, 0.717) is 50.0 Å². The van der Waals surface area contributed by atoms with Crippen LogP contribution < -0.4 is 14.8 Å². The summed E-state index contributed by atoms with van der Waals surface area (Å²) >= 11 is 15.7. The fraction of sp³-hybridized carbons (Fsp3) is 0.382. The number of esters is 2. The van der Waals surface area contributed by atoms with Gasteiger partial charge >= 0.3 is 11.9 Å². The lowest BCUT2D eigenvalue weighted by atomic mass is 9.86. The van der Waals surface area contributed by atoms with E-state index in [-0.39, 0.29) is 18.5 Å². The molecule has 3 aliphatic heterocycles. The number of nitrogens with zero attached hydrogens (tertiary/aromatic N) is 2. The fourth-order valence-corrected chi connectivity index (χ4v) is 8.24. The van der Waals surface area contributed by atoms with Crippen LogP contribution in [0.25, 0.3) is 0 Å². The quantitative estimate of drug-likeness (QED) is 0.145. The molecule has 1 unspecified atom stereocenters. The lowest BCUT2D eigenvalue weighted by Crippen LogP contribution is -2.52. The smallest absolute Gasteiger partial charge is 0.348 e. The summed E-state index contributed by atoms with van der Waals surface area (Å²) in [4.78, 5) is 35.6. The lowest BCUT2D eigenvalue weighted by molar-refractivity contribution is -0.161. The van der Waals surface area contributed by atoms with Crippen molar-refractivity contribution in [1.82, 2.24) is 15.2 Å². The maximum absolute atomic E-state index is 13.6. The van der Waals surface area contributed by atoms with Gasteiger partial charge in [-0.15, -0.1) is 22.7 Å². The zero-order valence-corrected chi connectivity index (χ0v) is 29.1. The van der Waals surface area contributed by atoms with Crippen LogP contribution in [-0.4, -0.2) is 61.8 Å². The second-order valence-corrected chi connectivity index (χ2v) is 14.5. The van der Waals surface area contributed by atoms with Crippen molar-refractivity contribution in [3.05, 3.63) is 96.0 Å². The van der Waals surface area contributed by atoms with Gasteiger partial charge in [0.25, 0.3) is 0 Å². The standard InChI is InChI=1S/C34H35Cl2N3O6S2/c1-42-26-7-5-21(14-28(26)43-2)27(15-23-24(35)17-37-18-25(23)36)44-33(40)31-8-6-22(47-31)16-38-32(30-4-3-13-46-30)34(41)45-29-19-39-11-9-20(29)10-12-39/h3-8,13-14,17-18,20,27,29,32,38H,9-12,15-16,19H2,1-2H3/t27-,29-,32?/m0/s1. The monoisotopic (exact) mass is 715 g/mol. The van der Waals surface area contributed by atoms with E-state index in [1.807, 2.05) is 29.6 Å². The molecule has 9 nitrogen and oxygen atoms in total. The lowest BCUT2D eigenvalue weighted by Gasteiger charge is -2.44. The second-order valence-electron chi connectivity index (χ2n) is 11.5. The van der Waals surface area contributed by atoms with Gasteiger partial charge in [-0.25, -0.2) is 9.59 Å². The zero-order chi connectivity index (χ0) is 32.9. The van der Waals surface area contributed by atoms with Crippen molar-refractivity contribution in [2.75, 3.05) is 33.9 Å². The van der Waals surface area contributed by atoms with Crippen LogP contribution in [0.2, 0.25) is 10.0 Å². The number of ether oxygens (including phenoxy) is 4. The summed E-state index contributed by atoms with van der Waals surface area (Å²) in [5.74, 6) is 0.694. The minimum absolute atomic E-state index is 0.0760. The molecule has 3 aliphatic rings. The molecule has 0 spiro atoms. The molecule has 4 aromatic rings. The molecule has 1 N–H and O–H groups in total. The summed E-state index contributed by atoms with van der Waals surface area (Å²) in [6.45, 7) is 3.33. The predicted molar refractivity (Wildman–Crippen MR) is 183 cm³/mol. The normalized spacial score (nSPS) is 20.0. The van der Waals surface area contributed by atoms with Gasteiger partial charge in [0, 0.05) is 41.7 Å². The number of thiophene rings is 2. The van der Waals surface area contributed by atoms with E-state index in [4.69, 9.17) is 42.1 Å². The third-order valence-corrected chi connectivity index (χ3v) is 11.3. The molecule has 3 saturated heterocycles. The highest BCUT2D eigenvalue weighted by atomic mass is 35.5. The van der Waals surface area contributed by atoms with Crippen molar-refractivity contribution in [3.8, 4) is 11.5 Å². The molecule has 13 heteroatoms. The number of carbonyl (C=O) groups excluding carboxylic acids is 2. The SMILES string of the molecule is COc1ccc([C@H](Cc2c(Cl)cncc2Cl)OC(=O)c2ccc(CNC(C(=O)O[C@H]3CN4CCC3CC4)c3cccs3)s2)cc1OC. The minimum Gasteiger partial charge on any atom is -0.493 e. The van der Waals surface area contributed by atoms with Crippen LogP contribution in [0.15, 0.2) is 60.2 Å². The van der Waals surface area contributed by atoms with Crippen LogP contribution in [-0.2, 0) is 27.2 Å². The summed E-state index contributed by atoms with van der Waals surface area (Å²) in [6, 6.07) is 12.2. The highest BCUT2D eigenvalue weighted by Gasteiger charge is 2.38. The number of methoxy groups -OCH3 is 2. The molecule has 3 aromatic heterocycles. The number of hydrogen-bond donors (Lipinski definition) is 1. The van der Waals surface area contributed by atoms with Crippen LogP contribution in [0.5, 0.6) is 11.5 Å². The number of nitrogens with one attached hydrogen (secondary N) is 1. The Morgan fingerprint density at radius 2 is 1.81 bits per heavy atom. The molecule has 6 heterocycles. The van der Waals surface area contributed by atoms with Gasteiger partial charge in [-0.2, -0.15) is 0 Å². The Labute approximate surface area is 291 Å². The van der Waals surface area contributed by atoms with Crippen LogP contribution >= 0.6 is 45.9 Å². The van der Waals surface area contributed by atoms with Gasteiger partial charge in [-0.1, -0.05) is 35.3 Å². The Morgan fingerprint density at radius 1 is 1.04 bits per heavy atom. The molecule has 248 valence electrons. The van der Waals surface area contributed by atoms with Crippen LogP contribution in [0.4, 0.5) is 0 Å². The van der Waals surface area contributed by atoms with Crippen molar-refractivity contribution in [2.24, 2.45) is 5.92 Å². The van der Waals surface area contributed by atoms with Gasteiger partial charge in [0.2, 0.25) is 0 Å². The van der Waals surface area contributed by atoms with E-state index in [1.165, 1.54) is 35.1 Å². The van der Waals surface area contributed by atoms with Gasteiger partial charge in [-0.05, 0) is 78.7 Å². The Morgan fingerprint density at radius 3 is 2.47 bits per heavy atom. The number of aromatic nitrogens is 1. The molecule has 0 aliphatic carbocycles. The van der Waals surface area contributed by atoms with E-state index < -0.39 is 18.1 Å². The highest BCUT2D eigenvalue weighted by Crippen LogP contribution is 2.36. The van der Waals surface area contributed by atoms with E-state index >= 15 is 0 Å². The molecule has 3 fully saturated rings. The van der Waals surface area contributed by atoms with Gasteiger partial charge in [0.15, 0.2) is 11.5 Å². The van der Waals surface area contributed by atoms with E-state index in [9.17, 15) is 9.59 Å². The van der Waals surface area contributed by atoms with Gasteiger partial charge in [0.05, 0.1) is 24.3 Å². The molecule has 0 amide bonds. The number of fused-ring (bicyclic) bond motifs is 3. The Balaban J connectivity index is 1.15. The molecule has 2 bridgehead atoms. The third-order valence-electron chi connectivity index (χ3n) is 8.64. The summed E-state index contributed by atoms with van der Waals surface area (Å²) in [5.41, 5.74) is 1.29. The second kappa shape index (κ2) is 15.4. The van der Waals surface area contributed by atoms with Gasteiger partial charge < -0.3 is 18.9 Å². The van der Waals surface area contributed by atoms with Crippen molar-refractivity contribution < 1.29 is 28.5 Å². The summed E-state index contributed by atoms with van der Waals surface area (Å²) < 4.78 is 23.1. The van der Waals surface area contributed by atoms with E-state index in [0.717, 1.165) is 42.2 Å². The van der Waals surface area contributed by atoms with Crippen LogP contribution in [0.1, 0.15) is 55.5 Å². The van der Waals surface area contributed by atoms with Crippen molar-refractivity contribution in [1.29, 1.82) is 0 Å². The molecular weight excluding hydrogens is 681 g/mol. The maximum atomic E-state index is 13.6. The van der Waals surface area contributed by atoms with Gasteiger partial charge in [-0.3, -0.25) is 15.2 Å². The van der Waals surface area contributed by atoms with E-state index in [1.54, 1.807) is 32.4 Å². The highest BCUT2D eigenvalue weighted by molar-refractivity contribution is 7.14. The van der Waals surface area contributed by atoms with Crippen LogP contribution in [0.3, 0.4) is 0 Å². The third kappa shape index (κ3) is 7.93. The van der Waals surface area contributed by atoms with Crippen molar-refractivity contribution >= 4 is 57.8 Å². The molecule has 1 aromatic carbocycles. The fourth-order valence-electron chi connectivity index (χ4n) is 6.09. The summed E-state index contributed by atoms with van der Waals surface area (Å²) in [7, 11) is 3.10. The van der Waals surface area contributed by atoms with Gasteiger partial charge in [0.1, 0.15) is 23.1 Å². The Hall–Kier alpha value is -3.19. The van der Waals surface area contributed by atoms with Crippen LogP contribution in [0, 0.1) is 5.92 Å². The Bertz CT molecular complexity index is 1670. The van der Waals surface area contributed by atoms with Crippen molar-refractivity contribution in [2.45, 2.75) is 44.1 Å². The average molecular weight is 717 g/mol. The first kappa shape index (κ1) is 33.7. The molecule has 3 atom stereocenters. The molecular formula is C34H35Cl2N3O6S2. The summed E-state index contributed by atoms with van der Waals surface area (Å²) in [5, 5.41) is 6.07. The number of benzene rings is 1. The largest absolute Gasteiger partial charge is 0.493 e. The first-order valence-electron chi connectivity index (χ1n) is 15.3. The number of pyridine rings is 1. The number of carbonyl (C=O) groups is 2. The predicted octanol–water partition coefficient (Wildman–Crippen LogP) is 7.14. The maximum Gasteiger partial charge on any atom is 0.348 e. The summed E-state index contributed by atoms with van der Waals surface area (Å²) in [6.07, 6.45) is 4.54. The van der Waals surface area contributed by atoms with E-state index in [2.05, 4.69) is 15.2 Å². The number of rotatable bonds is 13. The molecule has 0 radical (unpaired) electrons. The molecule has 0 saturated carbocycles.